The first-order chi connectivity index (χ1) is 8.63. The molecule has 1 rings (SSSR count). The van der Waals surface area contributed by atoms with E-state index in [1.807, 2.05) is 0 Å². The number of alkyl halides is 3. The Morgan fingerprint density at radius 1 is 1.42 bits per heavy atom. The Labute approximate surface area is 109 Å². The monoisotopic (exact) mass is 294 g/mol. The zero-order chi connectivity index (χ0) is 14.7. The highest BCUT2D eigenvalue weighted by atomic mass is 32.2. The van der Waals surface area contributed by atoms with E-state index in [9.17, 15) is 21.6 Å². The fourth-order valence-electron chi connectivity index (χ4n) is 1.51. The minimum Gasteiger partial charge on any atom is -0.262 e. The Morgan fingerprint density at radius 3 is 2.53 bits per heavy atom. The van der Waals surface area contributed by atoms with Crippen LogP contribution < -0.4 is 0 Å². The van der Waals surface area contributed by atoms with Gasteiger partial charge in [-0.15, -0.1) is 6.58 Å². The van der Waals surface area contributed by atoms with E-state index in [0.29, 0.717) is 0 Å². The summed E-state index contributed by atoms with van der Waals surface area (Å²) in [5.74, 6) is 0. The molecule has 3 nitrogen and oxygen atoms in total. The third-order valence-electron chi connectivity index (χ3n) is 2.26. The van der Waals surface area contributed by atoms with E-state index < -0.39 is 28.0 Å². The Bertz CT molecular complexity index is 550. The van der Waals surface area contributed by atoms with Crippen LogP contribution in [0.5, 0.6) is 0 Å². The van der Waals surface area contributed by atoms with Crippen LogP contribution >= 0.6 is 0 Å². The zero-order valence-electron chi connectivity index (χ0n) is 10.1. The minimum atomic E-state index is -4.49. The molecular weight excluding hydrogens is 281 g/mol. The van der Waals surface area contributed by atoms with Crippen LogP contribution in [0.25, 0.3) is 0 Å². The summed E-state index contributed by atoms with van der Waals surface area (Å²) in [6, 6.07) is 4.38. The van der Waals surface area contributed by atoms with Gasteiger partial charge in [-0.25, -0.2) is 0 Å². The molecule has 0 bridgehead atoms. The predicted molar refractivity (Wildman–Crippen MR) is 64.9 cm³/mol. The minimum absolute atomic E-state index is 0.0916. The Morgan fingerprint density at radius 2 is 2.05 bits per heavy atom. The molecule has 19 heavy (non-hydrogen) atoms. The second kappa shape index (κ2) is 5.75. The number of halogens is 3. The number of hydrogen-bond acceptors (Lipinski definition) is 3. The maximum Gasteiger partial charge on any atom is 0.416 e. The van der Waals surface area contributed by atoms with Gasteiger partial charge in [-0.05, 0) is 24.1 Å². The number of rotatable bonds is 5. The van der Waals surface area contributed by atoms with Gasteiger partial charge in [0.1, 0.15) is 6.10 Å². The summed E-state index contributed by atoms with van der Waals surface area (Å²) in [5, 5.41) is 0. The van der Waals surface area contributed by atoms with Gasteiger partial charge in [-0.3, -0.25) is 4.18 Å². The van der Waals surface area contributed by atoms with E-state index in [1.54, 1.807) is 0 Å². The van der Waals surface area contributed by atoms with Crippen molar-refractivity contribution in [1.82, 2.24) is 0 Å². The summed E-state index contributed by atoms with van der Waals surface area (Å²) in [6.45, 7) is 3.43. The smallest absolute Gasteiger partial charge is 0.262 e. The third kappa shape index (κ3) is 5.04. The van der Waals surface area contributed by atoms with E-state index >= 15 is 0 Å². The fraction of sp³-hybridized carbons (Fsp3) is 0.333. The van der Waals surface area contributed by atoms with Crippen molar-refractivity contribution in [3.05, 3.63) is 48.0 Å². The topological polar surface area (TPSA) is 43.4 Å². The van der Waals surface area contributed by atoms with Crippen LogP contribution in [0.15, 0.2) is 36.9 Å². The van der Waals surface area contributed by atoms with Crippen molar-refractivity contribution in [2.75, 3.05) is 6.26 Å². The van der Waals surface area contributed by atoms with Crippen molar-refractivity contribution >= 4 is 10.1 Å². The summed E-state index contributed by atoms with van der Waals surface area (Å²) < 4.78 is 64.7. The van der Waals surface area contributed by atoms with Crippen molar-refractivity contribution in [1.29, 1.82) is 0 Å². The molecule has 1 atom stereocenters. The Kier molecular flexibility index (Phi) is 4.75. The van der Waals surface area contributed by atoms with E-state index in [4.69, 9.17) is 4.18 Å². The molecule has 0 amide bonds. The van der Waals surface area contributed by atoms with Gasteiger partial charge < -0.3 is 0 Å². The van der Waals surface area contributed by atoms with Gasteiger partial charge in [0.05, 0.1) is 11.8 Å². The van der Waals surface area contributed by atoms with Gasteiger partial charge >= 0.3 is 6.18 Å². The van der Waals surface area contributed by atoms with Crippen LogP contribution in [0, 0.1) is 0 Å². The quantitative estimate of drug-likeness (QED) is 0.618. The molecule has 0 aliphatic carbocycles. The molecule has 0 N–H and O–H groups in total. The van der Waals surface area contributed by atoms with Gasteiger partial charge in [-0.1, -0.05) is 18.2 Å². The molecule has 0 aliphatic heterocycles. The molecule has 0 spiro atoms. The van der Waals surface area contributed by atoms with Crippen LogP contribution in [0.1, 0.15) is 23.7 Å². The lowest BCUT2D eigenvalue weighted by molar-refractivity contribution is -0.137. The van der Waals surface area contributed by atoms with Crippen molar-refractivity contribution in [2.24, 2.45) is 0 Å². The maximum atomic E-state index is 12.6. The average molecular weight is 294 g/mol. The predicted octanol–water partition coefficient (Wildman–Crippen LogP) is 3.30. The van der Waals surface area contributed by atoms with Gasteiger partial charge in [0.2, 0.25) is 0 Å². The van der Waals surface area contributed by atoms with Crippen LogP contribution in [-0.4, -0.2) is 14.7 Å². The molecule has 1 aromatic rings. The highest BCUT2D eigenvalue weighted by Gasteiger charge is 2.31. The largest absolute Gasteiger partial charge is 0.416 e. The molecule has 0 heterocycles. The van der Waals surface area contributed by atoms with E-state index in [0.717, 1.165) is 18.4 Å². The van der Waals surface area contributed by atoms with E-state index in [1.165, 1.54) is 18.2 Å². The normalized spacial score (nSPS) is 14.1. The lowest BCUT2D eigenvalue weighted by Gasteiger charge is -2.16. The standard InChI is InChI=1S/C12H13F3O3S/c1-3-5-11(18-19(2,16)17)9-6-4-7-10(8-9)12(13,14)15/h3-4,6-8,11H,1,5H2,2H3. The van der Waals surface area contributed by atoms with Crippen molar-refractivity contribution in [2.45, 2.75) is 18.7 Å². The molecule has 1 unspecified atom stereocenters. The van der Waals surface area contributed by atoms with Gasteiger partial charge in [0, 0.05) is 0 Å². The van der Waals surface area contributed by atoms with Crippen LogP contribution in [0.3, 0.4) is 0 Å². The number of benzene rings is 1. The van der Waals surface area contributed by atoms with Crippen molar-refractivity contribution in [3.8, 4) is 0 Å². The summed E-state index contributed by atoms with van der Waals surface area (Å²) in [5.41, 5.74) is -0.712. The summed E-state index contributed by atoms with van der Waals surface area (Å²) in [4.78, 5) is 0. The Hall–Kier alpha value is -1.34. The Balaban J connectivity index is 3.13. The van der Waals surface area contributed by atoms with Crippen LogP contribution in [0.2, 0.25) is 0 Å². The molecule has 0 aromatic heterocycles. The molecular formula is C12H13F3O3S. The van der Waals surface area contributed by atoms with Gasteiger partial charge in [0.25, 0.3) is 10.1 Å². The third-order valence-corrected chi connectivity index (χ3v) is 2.84. The molecule has 0 fully saturated rings. The van der Waals surface area contributed by atoms with Gasteiger partial charge in [0.15, 0.2) is 0 Å². The molecule has 106 valence electrons. The highest BCUT2D eigenvalue weighted by Crippen LogP contribution is 2.32. The second-order valence-corrected chi connectivity index (χ2v) is 5.54. The SMILES string of the molecule is C=CCC(OS(C)(=O)=O)c1cccc(C(F)(F)F)c1. The van der Waals surface area contributed by atoms with Crippen LogP contribution in [0.4, 0.5) is 13.2 Å². The molecule has 1 aromatic carbocycles. The van der Waals surface area contributed by atoms with Gasteiger partial charge in [-0.2, -0.15) is 21.6 Å². The maximum absolute atomic E-state index is 12.6. The van der Waals surface area contributed by atoms with E-state index in [-0.39, 0.29) is 12.0 Å². The fourth-order valence-corrected chi connectivity index (χ4v) is 2.12. The van der Waals surface area contributed by atoms with Crippen molar-refractivity contribution in [3.63, 3.8) is 0 Å². The summed E-state index contributed by atoms with van der Waals surface area (Å²) in [6.07, 6.45) is -3.17. The zero-order valence-corrected chi connectivity index (χ0v) is 11.0. The lowest BCUT2D eigenvalue weighted by Crippen LogP contribution is -2.12. The molecule has 7 heteroatoms. The first-order valence-corrected chi connectivity index (χ1v) is 7.11. The summed E-state index contributed by atoms with van der Waals surface area (Å²) >= 11 is 0. The van der Waals surface area contributed by atoms with E-state index in [2.05, 4.69) is 6.58 Å². The second-order valence-electron chi connectivity index (χ2n) is 3.94. The van der Waals surface area contributed by atoms with Crippen LogP contribution in [-0.2, 0) is 20.5 Å². The molecule has 0 radical (unpaired) electrons. The lowest BCUT2D eigenvalue weighted by atomic mass is 10.0. The summed E-state index contributed by atoms with van der Waals surface area (Å²) in [7, 11) is -3.77. The first-order valence-electron chi connectivity index (χ1n) is 5.30. The molecule has 0 saturated carbocycles. The molecule has 0 aliphatic rings. The first kappa shape index (κ1) is 15.7. The average Bonchev–Trinajstić information content (AvgIpc) is 2.26. The highest BCUT2D eigenvalue weighted by molar-refractivity contribution is 7.86. The molecule has 0 saturated heterocycles. The number of hydrogen-bond donors (Lipinski definition) is 0. The van der Waals surface area contributed by atoms with Crippen molar-refractivity contribution < 1.29 is 25.8 Å².